The highest BCUT2D eigenvalue weighted by Crippen LogP contribution is 2.25. The van der Waals surface area contributed by atoms with Gasteiger partial charge in [-0.2, -0.15) is 0 Å². The van der Waals surface area contributed by atoms with Crippen LogP contribution < -0.4 is 10.6 Å². The van der Waals surface area contributed by atoms with Gasteiger partial charge in [-0.25, -0.2) is 4.79 Å². The second-order valence-electron chi connectivity index (χ2n) is 16.7. The van der Waals surface area contributed by atoms with Gasteiger partial charge in [0.25, 0.3) is 0 Å². The SMILES string of the molecule is CCCCCCCCCCCCCCCCCCCCC(=O)Nc1ccc(C(=O)O)cc1NC(=O)CCCCCCCCCCCCCCCCCCCC. The fraction of sp³-hybridized carbons (Fsp3) is 0.816. The highest BCUT2D eigenvalue weighted by molar-refractivity contribution is 6.01. The Balaban J connectivity index is 2.10. The van der Waals surface area contributed by atoms with Crippen LogP contribution in [0.3, 0.4) is 0 Å². The number of hydrogen-bond donors (Lipinski definition) is 3. The fourth-order valence-corrected chi connectivity index (χ4v) is 7.69. The van der Waals surface area contributed by atoms with Gasteiger partial charge in [-0.05, 0) is 31.0 Å². The summed E-state index contributed by atoms with van der Waals surface area (Å²) in [4.78, 5) is 37.2. The summed E-state index contributed by atoms with van der Waals surface area (Å²) in [5, 5.41) is 15.3. The van der Waals surface area contributed by atoms with Gasteiger partial charge in [0.2, 0.25) is 11.8 Å². The second kappa shape index (κ2) is 38.5. The number of nitrogens with one attached hydrogen (secondary N) is 2. The predicted molar refractivity (Wildman–Crippen MR) is 237 cm³/mol. The Bertz CT molecular complexity index is 1060. The highest BCUT2D eigenvalue weighted by Gasteiger charge is 2.13. The quantitative estimate of drug-likeness (QED) is 0.0578. The molecule has 3 N–H and O–H groups in total. The topological polar surface area (TPSA) is 95.5 Å². The molecule has 6 heteroatoms. The van der Waals surface area contributed by atoms with E-state index in [9.17, 15) is 19.5 Å². The summed E-state index contributed by atoms with van der Waals surface area (Å²) in [6.07, 6.45) is 47.9. The molecule has 0 aliphatic heterocycles. The van der Waals surface area contributed by atoms with E-state index in [1.807, 2.05) is 0 Å². The minimum absolute atomic E-state index is 0.0879. The molecule has 0 bridgehead atoms. The van der Waals surface area contributed by atoms with Crippen LogP contribution in [0.15, 0.2) is 18.2 Å². The first-order valence-corrected chi connectivity index (χ1v) is 23.9. The van der Waals surface area contributed by atoms with E-state index in [0.717, 1.165) is 38.5 Å². The molecule has 0 fully saturated rings. The van der Waals surface area contributed by atoms with Crippen molar-refractivity contribution in [3.8, 4) is 0 Å². The molecule has 318 valence electrons. The third-order valence-electron chi connectivity index (χ3n) is 11.3. The first-order valence-electron chi connectivity index (χ1n) is 23.9. The van der Waals surface area contributed by atoms with Gasteiger partial charge in [0, 0.05) is 12.8 Å². The van der Waals surface area contributed by atoms with E-state index in [0.29, 0.717) is 24.2 Å². The number of benzene rings is 1. The van der Waals surface area contributed by atoms with Crippen molar-refractivity contribution in [2.75, 3.05) is 10.6 Å². The van der Waals surface area contributed by atoms with Crippen LogP contribution in [0.2, 0.25) is 0 Å². The Hall–Kier alpha value is -2.37. The fourth-order valence-electron chi connectivity index (χ4n) is 7.69. The molecule has 0 spiro atoms. The van der Waals surface area contributed by atoms with Crippen molar-refractivity contribution >= 4 is 29.2 Å². The first-order chi connectivity index (χ1) is 27.0. The Morgan fingerprint density at radius 2 is 0.636 bits per heavy atom. The molecule has 0 unspecified atom stereocenters. The summed E-state index contributed by atoms with van der Waals surface area (Å²) in [6, 6.07) is 4.51. The average molecular weight is 769 g/mol. The van der Waals surface area contributed by atoms with Crippen LogP contribution in [0.1, 0.15) is 268 Å². The van der Waals surface area contributed by atoms with Crippen LogP contribution in [0, 0.1) is 0 Å². The summed E-state index contributed by atoms with van der Waals surface area (Å²) < 4.78 is 0. The molecule has 6 nitrogen and oxygen atoms in total. The van der Waals surface area contributed by atoms with E-state index < -0.39 is 5.97 Å². The number of amides is 2. The minimum atomic E-state index is -1.06. The van der Waals surface area contributed by atoms with Crippen molar-refractivity contribution in [1.82, 2.24) is 0 Å². The molecule has 55 heavy (non-hydrogen) atoms. The molecule has 0 heterocycles. The van der Waals surface area contributed by atoms with Crippen LogP contribution in [0.25, 0.3) is 0 Å². The molecule has 1 aromatic rings. The summed E-state index contributed by atoms with van der Waals surface area (Å²) >= 11 is 0. The minimum Gasteiger partial charge on any atom is -0.478 e. The Morgan fingerprint density at radius 1 is 0.382 bits per heavy atom. The zero-order valence-electron chi connectivity index (χ0n) is 36.3. The zero-order valence-corrected chi connectivity index (χ0v) is 36.3. The van der Waals surface area contributed by atoms with Crippen LogP contribution in [0.5, 0.6) is 0 Å². The van der Waals surface area contributed by atoms with Crippen molar-refractivity contribution in [2.45, 2.75) is 258 Å². The number of carboxylic acids is 1. The molecule has 0 saturated heterocycles. The smallest absolute Gasteiger partial charge is 0.335 e. The maximum absolute atomic E-state index is 12.8. The van der Waals surface area contributed by atoms with Crippen molar-refractivity contribution in [2.24, 2.45) is 0 Å². The maximum atomic E-state index is 12.8. The number of carbonyl (C=O) groups excluding carboxylic acids is 2. The average Bonchev–Trinajstić information content (AvgIpc) is 3.17. The molecule has 0 aromatic heterocycles. The van der Waals surface area contributed by atoms with E-state index >= 15 is 0 Å². The van der Waals surface area contributed by atoms with Crippen molar-refractivity contribution in [1.29, 1.82) is 0 Å². The van der Waals surface area contributed by atoms with E-state index in [2.05, 4.69) is 24.5 Å². The largest absolute Gasteiger partial charge is 0.478 e. The highest BCUT2D eigenvalue weighted by atomic mass is 16.4. The Morgan fingerprint density at radius 3 is 0.909 bits per heavy atom. The third kappa shape index (κ3) is 32.4. The molecule has 0 saturated carbocycles. The predicted octanol–water partition coefficient (Wildman–Crippen LogP) is 16.1. The lowest BCUT2D eigenvalue weighted by Gasteiger charge is -2.13. The molecule has 0 radical (unpaired) electrons. The van der Waals surface area contributed by atoms with Crippen LogP contribution in [-0.4, -0.2) is 22.9 Å². The van der Waals surface area contributed by atoms with E-state index in [1.165, 1.54) is 205 Å². The van der Waals surface area contributed by atoms with Gasteiger partial charge in [0.1, 0.15) is 0 Å². The van der Waals surface area contributed by atoms with Gasteiger partial charge in [-0.3, -0.25) is 9.59 Å². The zero-order chi connectivity index (χ0) is 39.9. The van der Waals surface area contributed by atoms with Crippen molar-refractivity contribution in [3.63, 3.8) is 0 Å². The lowest BCUT2D eigenvalue weighted by Crippen LogP contribution is -2.17. The summed E-state index contributed by atoms with van der Waals surface area (Å²) in [6.45, 7) is 4.56. The van der Waals surface area contributed by atoms with Gasteiger partial charge in [0.15, 0.2) is 0 Å². The summed E-state index contributed by atoms with van der Waals surface area (Å²) in [5.74, 6) is -1.30. The van der Waals surface area contributed by atoms with Gasteiger partial charge in [-0.15, -0.1) is 0 Å². The number of unbranched alkanes of at least 4 members (excludes halogenated alkanes) is 34. The second-order valence-corrected chi connectivity index (χ2v) is 16.7. The number of rotatable bonds is 41. The molecule has 1 rings (SSSR count). The van der Waals surface area contributed by atoms with Gasteiger partial charge in [0.05, 0.1) is 16.9 Å². The van der Waals surface area contributed by atoms with Crippen LogP contribution >= 0.6 is 0 Å². The monoisotopic (exact) mass is 769 g/mol. The lowest BCUT2D eigenvalue weighted by atomic mass is 10.0. The molecule has 0 aliphatic rings. The van der Waals surface area contributed by atoms with Gasteiger partial charge >= 0.3 is 5.97 Å². The molecule has 1 aromatic carbocycles. The molecular weight excluding hydrogens is 681 g/mol. The number of anilines is 2. The number of carboxylic acid groups (broad SMARTS) is 1. The Labute approximate surface area is 340 Å². The Kier molecular flexibility index (Phi) is 35.5. The van der Waals surface area contributed by atoms with E-state index in [1.54, 1.807) is 6.07 Å². The third-order valence-corrected chi connectivity index (χ3v) is 11.3. The number of carbonyl (C=O) groups is 3. The van der Waals surface area contributed by atoms with Gasteiger partial charge in [-0.1, -0.05) is 232 Å². The number of aromatic carboxylic acids is 1. The molecule has 2 amide bonds. The van der Waals surface area contributed by atoms with Crippen molar-refractivity contribution < 1.29 is 19.5 Å². The van der Waals surface area contributed by atoms with Crippen LogP contribution in [0.4, 0.5) is 11.4 Å². The van der Waals surface area contributed by atoms with Crippen LogP contribution in [-0.2, 0) is 9.59 Å². The lowest BCUT2D eigenvalue weighted by molar-refractivity contribution is -0.117. The normalized spacial score (nSPS) is 11.2. The first kappa shape index (κ1) is 50.6. The van der Waals surface area contributed by atoms with E-state index in [-0.39, 0.29) is 17.4 Å². The van der Waals surface area contributed by atoms with E-state index in [4.69, 9.17) is 0 Å². The molecule has 0 aliphatic carbocycles. The summed E-state index contributed by atoms with van der Waals surface area (Å²) in [7, 11) is 0. The van der Waals surface area contributed by atoms with Gasteiger partial charge < -0.3 is 15.7 Å². The maximum Gasteiger partial charge on any atom is 0.335 e. The van der Waals surface area contributed by atoms with Crippen molar-refractivity contribution in [3.05, 3.63) is 23.8 Å². The standard InChI is InChI=1S/C49H88N2O4/c1-3-5-7-9-11-13-15-17-19-21-23-25-27-29-31-33-35-37-39-47(52)50-45-42-41-44(49(54)55)43-46(45)51-48(53)40-38-36-34-32-30-28-26-24-22-20-18-16-14-12-10-8-6-4-2/h41-43H,3-40H2,1-2H3,(H,50,52)(H,51,53)(H,54,55). The molecule has 0 atom stereocenters. The summed E-state index contributed by atoms with van der Waals surface area (Å²) in [5.41, 5.74) is 0.909. The number of hydrogen-bond acceptors (Lipinski definition) is 3. The molecular formula is C49H88N2O4.